The van der Waals surface area contributed by atoms with Crippen molar-refractivity contribution in [1.29, 1.82) is 0 Å². The number of imidazole rings is 1. The lowest BCUT2D eigenvalue weighted by Gasteiger charge is -2.18. The topological polar surface area (TPSA) is 42.3 Å². The molecule has 0 unspecified atom stereocenters. The van der Waals surface area contributed by atoms with Gasteiger partial charge in [0.25, 0.3) is 0 Å². The third-order valence-electron chi connectivity index (χ3n) is 3.36. The Morgan fingerprint density at radius 3 is 2.84 bits per heavy atom. The van der Waals surface area contributed by atoms with Crippen molar-refractivity contribution in [2.45, 2.75) is 33.4 Å². The van der Waals surface area contributed by atoms with Gasteiger partial charge in [0.15, 0.2) is 0 Å². The Kier molecular flexibility index (Phi) is 8.45. The first-order chi connectivity index (χ1) is 9.31. The number of nitrogens with zero attached hydrogens (tertiary/aromatic N) is 3. The van der Waals surface area contributed by atoms with E-state index in [2.05, 4.69) is 33.6 Å². The molecule has 5 heteroatoms. The lowest BCUT2D eigenvalue weighted by Crippen LogP contribution is -2.25. The predicted octanol–water partition coefficient (Wildman–Crippen LogP) is 1.35. The number of aromatic nitrogens is 2. The Labute approximate surface area is 117 Å². The Morgan fingerprint density at radius 2 is 2.16 bits per heavy atom. The molecule has 1 N–H and O–H groups in total. The van der Waals surface area contributed by atoms with Gasteiger partial charge in [-0.3, -0.25) is 0 Å². The van der Waals surface area contributed by atoms with Gasteiger partial charge in [-0.05, 0) is 26.1 Å². The second kappa shape index (κ2) is 9.95. The van der Waals surface area contributed by atoms with Crippen molar-refractivity contribution < 1.29 is 4.74 Å². The number of rotatable bonds is 11. The highest BCUT2D eigenvalue weighted by atomic mass is 16.5. The first kappa shape index (κ1) is 16.1. The Hall–Kier alpha value is -0.910. The summed E-state index contributed by atoms with van der Waals surface area (Å²) in [5.74, 6) is 0. The van der Waals surface area contributed by atoms with E-state index >= 15 is 0 Å². The van der Waals surface area contributed by atoms with E-state index in [1.165, 1.54) is 12.1 Å². The fourth-order valence-electron chi connectivity index (χ4n) is 2.09. The van der Waals surface area contributed by atoms with E-state index in [0.717, 1.165) is 45.9 Å². The summed E-state index contributed by atoms with van der Waals surface area (Å²) < 4.78 is 7.26. The lowest BCUT2D eigenvalue weighted by molar-refractivity contribution is 0.199. The maximum Gasteiger partial charge on any atom is 0.0948 e. The molecule has 5 nitrogen and oxygen atoms in total. The second-order valence-electron chi connectivity index (χ2n) is 4.63. The van der Waals surface area contributed by atoms with E-state index in [9.17, 15) is 0 Å². The first-order valence-corrected chi connectivity index (χ1v) is 7.22. The maximum absolute atomic E-state index is 5.02. The van der Waals surface area contributed by atoms with Crippen LogP contribution < -0.4 is 5.32 Å². The molecule has 0 radical (unpaired) electrons. The van der Waals surface area contributed by atoms with Crippen LogP contribution in [0.15, 0.2) is 12.5 Å². The van der Waals surface area contributed by atoms with Gasteiger partial charge in [0, 0.05) is 32.9 Å². The van der Waals surface area contributed by atoms with Crippen molar-refractivity contribution in [3.8, 4) is 0 Å². The van der Waals surface area contributed by atoms with Crippen LogP contribution in [0.3, 0.4) is 0 Å². The summed E-state index contributed by atoms with van der Waals surface area (Å²) in [5, 5.41) is 3.35. The van der Waals surface area contributed by atoms with Gasteiger partial charge < -0.3 is 19.5 Å². The van der Waals surface area contributed by atoms with Gasteiger partial charge in [0.2, 0.25) is 0 Å². The van der Waals surface area contributed by atoms with Crippen LogP contribution in [0.2, 0.25) is 0 Å². The molecule has 1 aromatic heterocycles. The summed E-state index contributed by atoms with van der Waals surface area (Å²) >= 11 is 0. The molecular weight excluding hydrogens is 240 g/mol. The fraction of sp³-hybridized carbons (Fsp3) is 0.786. The Bertz CT molecular complexity index is 323. The molecule has 1 aromatic rings. The smallest absolute Gasteiger partial charge is 0.0948 e. The van der Waals surface area contributed by atoms with Gasteiger partial charge in [-0.2, -0.15) is 0 Å². The minimum atomic E-state index is 0.746. The predicted molar refractivity (Wildman–Crippen MR) is 78.2 cm³/mol. The zero-order chi connectivity index (χ0) is 13.9. The summed E-state index contributed by atoms with van der Waals surface area (Å²) in [6.45, 7) is 11.4. The average Bonchev–Trinajstić information content (AvgIpc) is 2.87. The molecule has 0 aliphatic heterocycles. The number of hydrogen-bond donors (Lipinski definition) is 1. The molecule has 0 fully saturated rings. The van der Waals surface area contributed by atoms with Crippen LogP contribution in [-0.4, -0.2) is 54.3 Å². The van der Waals surface area contributed by atoms with Crippen molar-refractivity contribution in [1.82, 2.24) is 19.8 Å². The van der Waals surface area contributed by atoms with Crippen molar-refractivity contribution in [3.63, 3.8) is 0 Å². The molecule has 0 saturated heterocycles. The summed E-state index contributed by atoms with van der Waals surface area (Å²) in [5.41, 5.74) is 1.25. The van der Waals surface area contributed by atoms with Crippen LogP contribution >= 0.6 is 0 Å². The highest BCUT2D eigenvalue weighted by Gasteiger charge is 2.03. The van der Waals surface area contributed by atoms with E-state index < -0.39 is 0 Å². The molecule has 0 amide bonds. The molecule has 0 atom stereocenters. The quantitative estimate of drug-likeness (QED) is 0.615. The van der Waals surface area contributed by atoms with Crippen LogP contribution in [0.25, 0.3) is 0 Å². The Balaban J connectivity index is 2.28. The van der Waals surface area contributed by atoms with E-state index in [-0.39, 0.29) is 0 Å². The van der Waals surface area contributed by atoms with Crippen LogP contribution in [-0.2, 0) is 17.8 Å². The van der Waals surface area contributed by atoms with Gasteiger partial charge in [-0.25, -0.2) is 4.98 Å². The van der Waals surface area contributed by atoms with Crippen molar-refractivity contribution >= 4 is 0 Å². The molecule has 0 saturated carbocycles. The number of ether oxygens (including phenoxy) is 1. The molecule has 0 bridgehead atoms. The van der Waals surface area contributed by atoms with Crippen molar-refractivity contribution in [3.05, 3.63) is 18.2 Å². The number of methoxy groups -OCH3 is 1. The molecule has 19 heavy (non-hydrogen) atoms. The molecular formula is C14H28N4O. The van der Waals surface area contributed by atoms with Crippen LogP contribution in [0, 0.1) is 0 Å². The largest absolute Gasteiger partial charge is 0.383 e. The summed E-state index contributed by atoms with van der Waals surface area (Å²) in [6.07, 6.45) is 5.04. The van der Waals surface area contributed by atoms with Gasteiger partial charge in [0.05, 0.1) is 18.6 Å². The number of hydrogen-bond acceptors (Lipinski definition) is 4. The fourth-order valence-corrected chi connectivity index (χ4v) is 2.09. The van der Waals surface area contributed by atoms with Gasteiger partial charge in [-0.15, -0.1) is 0 Å². The van der Waals surface area contributed by atoms with E-state index in [1.807, 2.05) is 12.5 Å². The summed E-state index contributed by atoms with van der Waals surface area (Å²) in [4.78, 5) is 6.69. The maximum atomic E-state index is 5.02. The zero-order valence-electron chi connectivity index (χ0n) is 12.6. The third-order valence-corrected chi connectivity index (χ3v) is 3.36. The van der Waals surface area contributed by atoms with Crippen molar-refractivity contribution in [2.24, 2.45) is 0 Å². The summed E-state index contributed by atoms with van der Waals surface area (Å²) in [7, 11) is 1.72. The van der Waals surface area contributed by atoms with Gasteiger partial charge in [0.1, 0.15) is 0 Å². The minimum absolute atomic E-state index is 0.746. The third kappa shape index (κ3) is 6.18. The SMILES string of the molecule is CCN(CC)CCCn1cncc1CNCCOC. The van der Waals surface area contributed by atoms with E-state index in [0.29, 0.717) is 0 Å². The number of aryl methyl sites for hydroxylation is 1. The van der Waals surface area contributed by atoms with Crippen molar-refractivity contribution in [2.75, 3.05) is 39.9 Å². The van der Waals surface area contributed by atoms with Gasteiger partial charge in [-0.1, -0.05) is 13.8 Å². The average molecular weight is 268 g/mol. The molecule has 0 spiro atoms. The second-order valence-corrected chi connectivity index (χ2v) is 4.63. The molecule has 1 heterocycles. The van der Waals surface area contributed by atoms with Crippen LogP contribution in [0.4, 0.5) is 0 Å². The summed E-state index contributed by atoms with van der Waals surface area (Å²) in [6, 6.07) is 0. The number of nitrogens with one attached hydrogen (secondary N) is 1. The van der Waals surface area contributed by atoms with E-state index in [1.54, 1.807) is 7.11 Å². The highest BCUT2D eigenvalue weighted by Crippen LogP contribution is 2.02. The minimum Gasteiger partial charge on any atom is -0.383 e. The zero-order valence-corrected chi connectivity index (χ0v) is 12.6. The molecule has 0 aliphatic carbocycles. The Morgan fingerprint density at radius 1 is 1.37 bits per heavy atom. The van der Waals surface area contributed by atoms with Gasteiger partial charge >= 0.3 is 0 Å². The normalized spacial score (nSPS) is 11.4. The molecule has 1 rings (SSSR count). The van der Waals surface area contributed by atoms with Crippen LogP contribution in [0.1, 0.15) is 26.0 Å². The molecule has 110 valence electrons. The lowest BCUT2D eigenvalue weighted by atomic mass is 10.3. The standard InChI is InChI=1S/C14H28N4O/c1-4-17(5-2)8-6-9-18-13-16-12-14(18)11-15-7-10-19-3/h12-13,15H,4-11H2,1-3H3. The monoisotopic (exact) mass is 268 g/mol. The van der Waals surface area contributed by atoms with E-state index in [4.69, 9.17) is 4.74 Å². The highest BCUT2D eigenvalue weighted by molar-refractivity contribution is 4.97. The first-order valence-electron chi connectivity index (χ1n) is 7.22. The van der Waals surface area contributed by atoms with Crippen LogP contribution in [0.5, 0.6) is 0 Å². The molecule has 0 aliphatic rings. The molecule has 0 aromatic carbocycles.